The summed E-state index contributed by atoms with van der Waals surface area (Å²) in [4.78, 5) is 4.09. The predicted octanol–water partition coefficient (Wildman–Crippen LogP) is 2.37. The first-order chi connectivity index (χ1) is 8.13. The van der Waals surface area contributed by atoms with Crippen LogP contribution in [0, 0.1) is 0 Å². The van der Waals surface area contributed by atoms with E-state index in [4.69, 9.17) is 11.6 Å². The summed E-state index contributed by atoms with van der Waals surface area (Å²) in [5.74, 6) is 0. The van der Waals surface area contributed by atoms with Gasteiger partial charge in [-0.15, -0.1) is 11.3 Å². The monoisotopic (exact) mass is 271 g/mol. The summed E-state index contributed by atoms with van der Waals surface area (Å²) < 4.78 is 1.73. The number of halogens is 1. The van der Waals surface area contributed by atoms with Crippen molar-refractivity contribution in [1.29, 1.82) is 0 Å². The molecule has 92 valence electrons. The first kappa shape index (κ1) is 12.5. The molecule has 0 aliphatic heterocycles. The highest BCUT2D eigenvalue weighted by Gasteiger charge is 2.18. The minimum absolute atomic E-state index is 0.437. The van der Waals surface area contributed by atoms with E-state index in [0.717, 1.165) is 17.8 Å². The molecule has 1 N–H and O–H groups in total. The lowest BCUT2D eigenvalue weighted by Gasteiger charge is -2.08. The van der Waals surface area contributed by atoms with Crippen LogP contribution in [-0.4, -0.2) is 19.9 Å². The molecule has 0 aliphatic rings. The Hall–Kier alpha value is -0.910. The first-order valence-corrected chi connectivity index (χ1v) is 6.72. The van der Waals surface area contributed by atoms with E-state index in [1.54, 1.807) is 10.2 Å². The van der Waals surface area contributed by atoms with E-state index in [9.17, 15) is 5.11 Å². The Labute approximate surface area is 109 Å². The smallest absolute Gasteiger partial charge is 0.102 e. The van der Waals surface area contributed by atoms with Crippen LogP contribution >= 0.6 is 22.9 Å². The SMILES string of the molecule is CCc1nn(C)c(CC(O)c2cscn2)c1Cl. The maximum atomic E-state index is 10.0. The van der Waals surface area contributed by atoms with Crippen molar-refractivity contribution in [3.63, 3.8) is 0 Å². The molecule has 2 aromatic rings. The highest BCUT2D eigenvalue weighted by atomic mass is 35.5. The van der Waals surface area contributed by atoms with Crippen LogP contribution in [0.3, 0.4) is 0 Å². The van der Waals surface area contributed by atoms with Crippen molar-refractivity contribution in [2.75, 3.05) is 0 Å². The van der Waals surface area contributed by atoms with Crippen LogP contribution in [0.15, 0.2) is 10.9 Å². The van der Waals surface area contributed by atoms with Crippen molar-refractivity contribution in [3.8, 4) is 0 Å². The molecule has 0 radical (unpaired) electrons. The van der Waals surface area contributed by atoms with Gasteiger partial charge in [-0.3, -0.25) is 4.68 Å². The second kappa shape index (κ2) is 5.16. The normalized spacial score (nSPS) is 12.9. The van der Waals surface area contributed by atoms with Crippen molar-refractivity contribution < 1.29 is 5.11 Å². The molecule has 0 amide bonds. The fraction of sp³-hybridized carbons (Fsp3) is 0.455. The second-order valence-corrected chi connectivity index (χ2v) is 4.91. The van der Waals surface area contributed by atoms with E-state index in [0.29, 0.717) is 17.1 Å². The van der Waals surface area contributed by atoms with Gasteiger partial charge in [0.1, 0.15) is 6.10 Å². The third-order valence-corrected chi connectivity index (χ3v) is 3.72. The molecule has 17 heavy (non-hydrogen) atoms. The summed E-state index contributed by atoms with van der Waals surface area (Å²) in [6, 6.07) is 0. The number of aliphatic hydroxyl groups is 1. The van der Waals surface area contributed by atoms with E-state index in [2.05, 4.69) is 10.1 Å². The van der Waals surface area contributed by atoms with Gasteiger partial charge in [0, 0.05) is 18.8 Å². The predicted molar refractivity (Wildman–Crippen MR) is 68.4 cm³/mol. The molecule has 2 rings (SSSR count). The van der Waals surface area contributed by atoms with Gasteiger partial charge in [-0.25, -0.2) is 4.98 Å². The largest absolute Gasteiger partial charge is 0.386 e. The quantitative estimate of drug-likeness (QED) is 0.929. The molecule has 0 aliphatic carbocycles. The van der Waals surface area contributed by atoms with Crippen molar-refractivity contribution >= 4 is 22.9 Å². The summed E-state index contributed by atoms with van der Waals surface area (Å²) in [7, 11) is 1.84. The summed E-state index contributed by atoms with van der Waals surface area (Å²) in [5.41, 5.74) is 4.12. The summed E-state index contributed by atoms with van der Waals surface area (Å²) in [6.07, 6.45) is 0.602. The van der Waals surface area contributed by atoms with Gasteiger partial charge in [0.15, 0.2) is 0 Å². The Morgan fingerprint density at radius 2 is 2.35 bits per heavy atom. The Morgan fingerprint density at radius 3 is 2.88 bits per heavy atom. The number of rotatable bonds is 4. The van der Waals surface area contributed by atoms with E-state index >= 15 is 0 Å². The van der Waals surface area contributed by atoms with Crippen molar-refractivity contribution in [2.45, 2.75) is 25.9 Å². The molecule has 1 unspecified atom stereocenters. The third-order valence-electron chi connectivity index (χ3n) is 2.68. The molecular formula is C11H14ClN3OS. The van der Waals surface area contributed by atoms with Gasteiger partial charge < -0.3 is 5.11 Å². The zero-order valence-electron chi connectivity index (χ0n) is 9.72. The Kier molecular flexibility index (Phi) is 3.81. The van der Waals surface area contributed by atoms with Gasteiger partial charge in [-0.2, -0.15) is 5.10 Å². The van der Waals surface area contributed by atoms with Gasteiger partial charge in [0.2, 0.25) is 0 Å². The number of aryl methyl sites for hydroxylation is 2. The molecule has 0 spiro atoms. The van der Waals surface area contributed by atoms with E-state index in [1.807, 2.05) is 19.4 Å². The Morgan fingerprint density at radius 1 is 1.59 bits per heavy atom. The fourth-order valence-electron chi connectivity index (χ4n) is 1.72. The Bertz CT molecular complexity index is 495. The average molecular weight is 272 g/mol. The summed E-state index contributed by atoms with van der Waals surface area (Å²) >= 11 is 7.69. The van der Waals surface area contributed by atoms with Gasteiger partial charge in [0.05, 0.1) is 27.6 Å². The van der Waals surface area contributed by atoms with E-state index in [-0.39, 0.29) is 0 Å². The number of aliphatic hydroxyl groups excluding tert-OH is 1. The molecule has 2 heterocycles. The molecule has 1 atom stereocenters. The lowest BCUT2D eigenvalue weighted by atomic mass is 10.1. The maximum absolute atomic E-state index is 10.0. The van der Waals surface area contributed by atoms with Crippen molar-refractivity contribution in [3.05, 3.63) is 33.0 Å². The minimum Gasteiger partial charge on any atom is -0.386 e. The number of hydrogen-bond acceptors (Lipinski definition) is 4. The van der Waals surface area contributed by atoms with Crippen LogP contribution in [-0.2, 0) is 19.9 Å². The van der Waals surface area contributed by atoms with Gasteiger partial charge in [-0.05, 0) is 6.42 Å². The third kappa shape index (κ3) is 2.51. The highest BCUT2D eigenvalue weighted by Crippen LogP contribution is 2.26. The topological polar surface area (TPSA) is 50.9 Å². The number of hydrogen-bond donors (Lipinski definition) is 1. The van der Waals surface area contributed by atoms with Gasteiger partial charge in [0.25, 0.3) is 0 Å². The van der Waals surface area contributed by atoms with Crippen molar-refractivity contribution in [1.82, 2.24) is 14.8 Å². The molecule has 0 saturated heterocycles. The number of nitrogens with zero attached hydrogens (tertiary/aromatic N) is 3. The second-order valence-electron chi connectivity index (χ2n) is 3.82. The number of aromatic nitrogens is 3. The van der Waals surface area contributed by atoms with Crippen LogP contribution < -0.4 is 0 Å². The average Bonchev–Trinajstić information content (AvgIpc) is 2.92. The van der Waals surface area contributed by atoms with Crippen LogP contribution in [0.5, 0.6) is 0 Å². The maximum Gasteiger partial charge on any atom is 0.102 e. The lowest BCUT2D eigenvalue weighted by Crippen LogP contribution is -2.07. The first-order valence-electron chi connectivity index (χ1n) is 5.39. The van der Waals surface area contributed by atoms with Gasteiger partial charge in [-0.1, -0.05) is 18.5 Å². The van der Waals surface area contributed by atoms with Crippen LogP contribution in [0.25, 0.3) is 0 Å². The standard InChI is InChI=1S/C11H14ClN3OS/c1-3-7-11(12)9(15(2)14-7)4-10(16)8-5-17-6-13-8/h5-6,10,16H,3-4H2,1-2H3. The zero-order chi connectivity index (χ0) is 12.4. The molecule has 0 aromatic carbocycles. The van der Waals surface area contributed by atoms with E-state index in [1.165, 1.54) is 11.3 Å². The van der Waals surface area contributed by atoms with Gasteiger partial charge >= 0.3 is 0 Å². The van der Waals surface area contributed by atoms with Crippen LogP contribution in [0.4, 0.5) is 0 Å². The molecular weight excluding hydrogens is 258 g/mol. The number of thiazole rings is 1. The van der Waals surface area contributed by atoms with Crippen LogP contribution in [0.1, 0.15) is 30.1 Å². The van der Waals surface area contributed by atoms with Crippen molar-refractivity contribution in [2.24, 2.45) is 7.05 Å². The summed E-state index contributed by atoms with van der Waals surface area (Å²) in [5, 5.41) is 16.9. The Balaban J connectivity index is 2.21. The molecule has 0 fully saturated rings. The van der Waals surface area contributed by atoms with E-state index < -0.39 is 6.10 Å². The van der Waals surface area contributed by atoms with Crippen LogP contribution in [0.2, 0.25) is 5.02 Å². The summed E-state index contributed by atoms with van der Waals surface area (Å²) in [6.45, 7) is 2.01. The molecule has 6 heteroatoms. The minimum atomic E-state index is -0.626. The fourth-order valence-corrected chi connectivity index (χ4v) is 2.69. The molecule has 0 bridgehead atoms. The molecule has 0 saturated carbocycles. The lowest BCUT2D eigenvalue weighted by molar-refractivity contribution is 0.172. The highest BCUT2D eigenvalue weighted by molar-refractivity contribution is 7.07. The molecule has 4 nitrogen and oxygen atoms in total. The molecule has 2 aromatic heterocycles. The zero-order valence-corrected chi connectivity index (χ0v) is 11.3.